The van der Waals surface area contributed by atoms with Crippen LogP contribution in [0.25, 0.3) is 0 Å². The predicted octanol–water partition coefficient (Wildman–Crippen LogP) is 1.46. The Morgan fingerprint density at radius 2 is 2.10 bits per heavy atom. The molecule has 0 saturated carbocycles. The molecule has 0 radical (unpaired) electrons. The van der Waals surface area contributed by atoms with Gasteiger partial charge in [0.05, 0.1) is 20.3 Å². The van der Waals surface area contributed by atoms with Crippen LogP contribution >= 0.6 is 0 Å². The van der Waals surface area contributed by atoms with E-state index in [4.69, 9.17) is 9.57 Å². The number of nitrogens with zero attached hydrogens (tertiary/aromatic N) is 2. The quantitative estimate of drug-likeness (QED) is 0.782. The highest BCUT2D eigenvalue weighted by Crippen LogP contribution is 2.15. The Kier molecular flexibility index (Phi) is 5.11. The zero-order valence-corrected chi connectivity index (χ0v) is 12.4. The Balaban J connectivity index is 2.07. The zero-order chi connectivity index (χ0) is 14.5. The Morgan fingerprint density at radius 1 is 1.40 bits per heavy atom. The second-order valence-corrected chi connectivity index (χ2v) is 5.02. The van der Waals surface area contributed by atoms with E-state index in [2.05, 4.69) is 11.0 Å². The minimum atomic E-state index is -0.122. The van der Waals surface area contributed by atoms with Gasteiger partial charge in [0, 0.05) is 32.2 Å². The number of benzene rings is 1. The molecule has 1 aromatic carbocycles. The number of amides is 1. The highest BCUT2D eigenvalue weighted by atomic mass is 16.7. The van der Waals surface area contributed by atoms with Crippen LogP contribution < -0.4 is 0 Å². The lowest BCUT2D eigenvalue weighted by Crippen LogP contribution is -2.35. The molecule has 0 spiro atoms. The molecule has 0 N–H and O–H groups in total. The fraction of sp³-hybridized carbons (Fsp3) is 0.533. The van der Waals surface area contributed by atoms with Gasteiger partial charge in [-0.15, -0.1) is 0 Å². The maximum atomic E-state index is 12.1. The van der Waals surface area contributed by atoms with Crippen molar-refractivity contribution in [2.45, 2.75) is 13.5 Å². The number of ether oxygens (including phenoxy) is 1. The molecule has 110 valence electrons. The molecule has 1 aliphatic heterocycles. The number of aryl methyl sites for hydroxylation is 1. The largest absolute Gasteiger partial charge is 0.379 e. The number of hydroxylamine groups is 2. The maximum absolute atomic E-state index is 12.1. The van der Waals surface area contributed by atoms with Crippen molar-refractivity contribution in [3.8, 4) is 0 Å². The first kappa shape index (κ1) is 15.0. The van der Waals surface area contributed by atoms with E-state index in [-0.39, 0.29) is 5.91 Å². The number of carbonyl (C=O) groups is 1. The molecule has 20 heavy (non-hydrogen) atoms. The monoisotopic (exact) mass is 278 g/mol. The van der Waals surface area contributed by atoms with Crippen molar-refractivity contribution in [3.63, 3.8) is 0 Å². The first-order chi connectivity index (χ1) is 9.61. The molecule has 5 heteroatoms. The molecule has 0 unspecified atom stereocenters. The van der Waals surface area contributed by atoms with E-state index in [1.807, 2.05) is 19.1 Å². The smallest absolute Gasteiger partial charge is 0.277 e. The van der Waals surface area contributed by atoms with Crippen molar-refractivity contribution in [2.75, 3.05) is 40.5 Å². The fourth-order valence-corrected chi connectivity index (χ4v) is 2.33. The van der Waals surface area contributed by atoms with Crippen LogP contribution in [0, 0.1) is 6.92 Å². The number of morpholine rings is 1. The summed E-state index contributed by atoms with van der Waals surface area (Å²) in [5.41, 5.74) is 2.88. The number of hydrogen-bond donors (Lipinski definition) is 0. The summed E-state index contributed by atoms with van der Waals surface area (Å²) in [5, 5.41) is 1.24. The standard InChI is InChI=1S/C15H22N2O3/c1-12-10-13(11-17-6-8-20-9-7-17)4-5-14(12)15(18)16(2)19-3/h4-5,10H,6-9,11H2,1-3H3. The predicted molar refractivity (Wildman–Crippen MR) is 76.4 cm³/mol. The van der Waals surface area contributed by atoms with Gasteiger partial charge in [0.15, 0.2) is 0 Å². The SMILES string of the molecule is CON(C)C(=O)c1ccc(CN2CCOCC2)cc1C. The van der Waals surface area contributed by atoms with E-state index in [1.165, 1.54) is 17.7 Å². The topological polar surface area (TPSA) is 42.0 Å². The lowest BCUT2D eigenvalue weighted by molar-refractivity contribution is -0.0757. The third-order valence-electron chi connectivity index (χ3n) is 3.59. The van der Waals surface area contributed by atoms with Crippen molar-refractivity contribution in [2.24, 2.45) is 0 Å². The number of hydrogen-bond acceptors (Lipinski definition) is 4. The molecular weight excluding hydrogens is 256 g/mol. The molecule has 1 heterocycles. The van der Waals surface area contributed by atoms with Crippen LogP contribution in [0.1, 0.15) is 21.5 Å². The Labute approximate surface area is 120 Å². The molecular formula is C15H22N2O3. The third kappa shape index (κ3) is 3.56. The van der Waals surface area contributed by atoms with Crippen molar-refractivity contribution in [1.82, 2.24) is 9.96 Å². The van der Waals surface area contributed by atoms with Gasteiger partial charge in [0.25, 0.3) is 5.91 Å². The van der Waals surface area contributed by atoms with E-state index >= 15 is 0 Å². The molecule has 1 saturated heterocycles. The summed E-state index contributed by atoms with van der Waals surface area (Å²) in [6.07, 6.45) is 0. The van der Waals surface area contributed by atoms with Gasteiger partial charge >= 0.3 is 0 Å². The second kappa shape index (κ2) is 6.83. The summed E-state index contributed by atoms with van der Waals surface area (Å²) in [5.74, 6) is -0.122. The van der Waals surface area contributed by atoms with Gasteiger partial charge in [-0.3, -0.25) is 14.5 Å². The minimum absolute atomic E-state index is 0.122. The molecule has 0 atom stereocenters. The first-order valence-corrected chi connectivity index (χ1v) is 6.83. The molecule has 1 aromatic rings. The summed E-state index contributed by atoms with van der Waals surface area (Å²) < 4.78 is 5.34. The minimum Gasteiger partial charge on any atom is -0.379 e. The van der Waals surface area contributed by atoms with Gasteiger partial charge in [-0.25, -0.2) is 5.06 Å². The van der Waals surface area contributed by atoms with E-state index in [0.29, 0.717) is 5.56 Å². The van der Waals surface area contributed by atoms with Crippen LogP contribution in [0.15, 0.2) is 18.2 Å². The Morgan fingerprint density at radius 3 is 2.70 bits per heavy atom. The molecule has 5 nitrogen and oxygen atoms in total. The van der Waals surface area contributed by atoms with Crippen LogP contribution in [0.5, 0.6) is 0 Å². The average molecular weight is 278 g/mol. The fourth-order valence-electron chi connectivity index (χ4n) is 2.33. The highest BCUT2D eigenvalue weighted by molar-refractivity contribution is 5.94. The molecule has 0 aliphatic carbocycles. The maximum Gasteiger partial charge on any atom is 0.277 e. The summed E-state index contributed by atoms with van der Waals surface area (Å²) in [4.78, 5) is 19.4. The molecule has 1 aliphatic rings. The van der Waals surface area contributed by atoms with Crippen LogP contribution in [-0.4, -0.2) is 56.3 Å². The van der Waals surface area contributed by atoms with Gasteiger partial charge in [0.2, 0.25) is 0 Å². The third-order valence-corrected chi connectivity index (χ3v) is 3.59. The molecule has 1 amide bonds. The van der Waals surface area contributed by atoms with Gasteiger partial charge in [-0.05, 0) is 24.1 Å². The van der Waals surface area contributed by atoms with Gasteiger partial charge in [-0.1, -0.05) is 12.1 Å². The Hall–Kier alpha value is -1.43. The van der Waals surface area contributed by atoms with Crippen molar-refractivity contribution >= 4 is 5.91 Å². The summed E-state index contributed by atoms with van der Waals surface area (Å²) in [6.45, 7) is 6.39. The van der Waals surface area contributed by atoms with Gasteiger partial charge < -0.3 is 4.74 Å². The van der Waals surface area contributed by atoms with Crippen LogP contribution in [0.4, 0.5) is 0 Å². The van der Waals surface area contributed by atoms with E-state index in [1.54, 1.807) is 7.05 Å². The van der Waals surface area contributed by atoms with Crippen LogP contribution in [0.2, 0.25) is 0 Å². The number of carbonyl (C=O) groups excluding carboxylic acids is 1. The number of rotatable bonds is 4. The lowest BCUT2D eigenvalue weighted by atomic mass is 10.0. The molecule has 2 rings (SSSR count). The van der Waals surface area contributed by atoms with Crippen molar-refractivity contribution in [3.05, 3.63) is 34.9 Å². The lowest BCUT2D eigenvalue weighted by Gasteiger charge is -2.26. The average Bonchev–Trinajstić information content (AvgIpc) is 2.47. The molecule has 1 fully saturated rings. The molecule has 0 aromatic heterocycles. The normalized spacial score (nSPS) is 16.1. The summed E-state index contributed by atoms with van der Waals surface area (Å²) >= 11 is 0. The van der Waals surface area contributed by atoms with Crippen LogP contribution in [0.3, 0.4) is 0 Å². The second-order valence-electron chi connectivity index (χ2n) is 5.02. The van der Waals surface area contributed by atoms with Gasteiger partial charge in [-0.2, -0.15) is 0 Å². The molecule has 0 bridgehead atoms. The first-order valence-electron chi connectivity index (χ1n) is 6.83. The van der Waals surface area contributed by atoms with Crippen molar-refractivity contribution in [1.29, 1.82) is 0 Å². The van der Waals surface area contributed by atoms with E-state index in [9.17, 15) is 4.79 Å². The van der Waals surface area contributed by atoms with E-state index < -0.39 is 0 Å². The van der Waals surface area contributed by atoms with Crippen LogP contribution in [-0.2, 0) is 16.1 Å². The van der Waals surface area contributed by atoms with Crippen molar-refractivity contribution < 1.29 is 14.4 Å². The zero-order valence-electron chi connectivity index (χ0n) is 12.4. The Bertz CT molecular complexity index is 470. The van der Waals surface area contributed by atoms with Gasteiger partial charge in [0.1, 0.15) is 0 Å². The highest BCUT2D eigenvalue weighted by Gasteiger charge is 2.15. The summed E-state index contributed by atoms with van der Waals surface area (Å²) in [6, 6.07) is 5.97. The summed E-state index contributed by atoms with van der Waals surface area (Å²) in [7, 11) is 3.10. The van der Waals surface area contributed by atoms with E-state index in [0.717, 1.165) is 38.4 Å².